The Balaban J connectivity index is 1.81. The molecule has 1 saturated heterocycles. The summed E-state index contributed by atoms with van der Waals surface area (Å²) in [5.41, 5.74) is 0.245. The molecule has 1 aromatic heterocycles. The molecule has 7 nitrogen and oxygen atoms in total. The van der Waals surface area contributed by atoms with Crippen molar-refractivity contribution in [2.45, 2.75) is 45.4 Å². The van der Waals surface area contributed by atoms with Gasteiger partial charge in [0.1, 0.15) is 11.3 Å². The molecule has 106 valence electrons. The van der Waals surface area contributed by atoms with Crippen LogP contribution < -0.4 is 10.6 Å². The normalized spacial score (nSPS) is 19.4. The number of hydrogen-bond donors (Lipinski definition) is 2. The van der Waals surface area contributed by atoms with Crippen LogP contribution in [0.25, 0.3) is 0 Å². The van der Waals surface area contributed by atoms with Crippen LogP contribution in [0.2, 0.25) is 0 Å². The summed E-state index contributed by atoms with van der Waals surface area (Å²) < 4.78 is 7.00. The fraction of sp³-hybridized carbons (Fsp3) is 0.750. The Labute approximate surface area is 112 Å². The minimum atomic E-state index is -0.489. The summed E-state index contributed by atoms with van der Waals surface area (Å²) in [7, 11) is 0. The van der Waals surface area contributed by atoms with Gasteiger partial charge in [-0.15, -0.1) is 5.10 Å². The van der Waals surface area contributed by atoms with Gasteiger partial charge in [-0.25, -0.2) is 9.48 Å². The van der Waals surface area contributed by atoms with Crippen molar-refractivity contribution in [3.05, 3.63) is 11.9 Å². The van der Waals surface area contributed by atoms with Crippen molar-refractivity contribution in [3.8, 4) is 0 Å². The Hall–Kier alpha value is -1.63. The van der Waals surface area contributed by atoms with E-state index in [0.29, 0.717) is 12.6 Å². The quantitative estimate of drug-likeness (QED) is 0.848. The first-order valence-electron chi connectivity index (χ1n) is 6.52. The second kappa shape index (κ2) is 5.56. The Bertz CT molecular complexity index is 432. The smallest absolute Gasteiger partial charge is 0.407 e. The van der Waals surface area contributed by atoms with Gasteiger partial charge in [-0.3, -0.25) is 0 Å². The lowest BCUT2D eigenvalue weighted by molar-refractivity contribution is 0.0523. The van der Waals surface area contributed by atoms with Crippen LogP contribution in [-0.2, 0) is 11.3 Å². The maximum Gasteiger partial charge on any atom is 0.407 e. The average Bonchev–Trinajstić information content (AvgIpc) is 2.95. The molecule has 0 saturated carbocycles. The standard InChI is InChI=1S/C12H21N5O2/c1-12(2,3)19-11(18)14-6-9-8-17(16-15-9)10-4-5-13-7-10/h8,10,13H,4-7H2,1-3H3,(H,14,18)/t10-/m0/s1. The summed E-state index contributed by atoms with van der Waals surface area (Å²) in [6.45, 7) is 7.75. The van der Waals surface area contributed by atoms with E-state index >= 15 is 0 Å². The number of aromatic nitrogens is 3. The summed E-state index contributed by atoms with van der Waals surface area (Å²) in [5.74, 6) is 0. The minimum Gasteiger partial charge on any atom is -0.444 e. The number of rotatable bonds is 3. The molecule has 0 aliphatic carbocycles. The maximum absolute atomic E-state index is 11.5. The fourth-order valence-corrected chi connectivity index (χ4v) is 1.91. The molecule has 2 N–H and O–H groups in total. The van der Waals surface area contributed by atoms with Crippen molar-refractivity contribution >= 4 is 6.09 Å². The van der Waals surface area contributed by atoms with Crippen molar-refractivity contribution in [2.24, 2.45) is 0 Å². The predicted molar refractivity (Wildman–Crippen MR) is 69.6 cm³/mol. The SMILES string of the molecule is CC(C)(C)OC(=O)NCc1cn([C@H]2CCNC2)nn1. The molecule has 0 aromatic carbocycles. The van der Waals surface area contributed by atoms with Crippen LogP contribution in [0.1, 0.15) is 38.9 Å². The molecule has 0 unspecified atom stereocenters. The van der Waals surface area contributed by atoms with Gasteiger partial charge in [0, 0.05) is 6.54 Å². The highest BCUT2D eigenvalue weighted by Crippen LogP contribution is 2.13. The van der Waals surface area contributed by atoms with E-state index < -0.39 is 11.7 Å². The van der Waals surface area contributed by atoms with Crippen LogP contribution >= 0.6 is 0 Å². The number of ether oxygens (including phenoxy) is 1. The van der Waals surface area contributed by atoms with E-state index in [1.165, 1.54) is 0 Å². The molecule has 1 aromatic rings. The van der Waals surface area contributed by atoms with Crippen LogP contribution in [0.15, 0.2) is 6.20 Å². The van der Waals surface area contributed by atoms with E-state index in [9.17, 15) is 4.79 Å². The van der Waals surface area contributed by atoms with Gasteiger partial charge in [-0.05, 0) is 33.7 Å². The van der Waals surface area contributed by atoms with Gasteiger partial charge in [0.2, 0.25) is 0 Å². The topological polar surface area (TPSA) is 81.1 Å². The van der Waals surface area contributed by atoms with Crippen molar-refractivity contribution in [1.29, 1.82) is 0 Å². The third-order valence-corrected chi connectivity index (χ3v) is 2.78. The Morgan fingerprint density at radius 2 is 2.42 bits per heavy atom. The largest absolute Gasteiger partial charge is 0.444 e. The van der Waals surface area contributed by atoms with Crippen molar-refractivity contribution in [2.75, 3.05) is 13.1 Å². The minimum absolute atomic E-state index is 0.328. The highest BCUT2D eigenvalue weighted by atomic mass is 16.6. The molecule has 1 amide bonds. The van der Waals surface area contributed by atoms with E-state index in [-0.39, 0.29) is 0 Å². The summed E-state index contributed by atoms with van der Waals surface area (Å²) in [4.78, 5) is 11.5. The zero-order chi connectivity index (χ0) is 13.9. The van der Waals surface area contributed by atoms with E-state index in [4.69, 9.17) is 4.74 Å². The van der Waals surface area contributed by atoms with Crippen molar-refractivity contribution in [3.63, 3.8) is 0 Å². The Morgan fingerprint density at radius 1 is 1.63 bits per heavy atom. The number of nitrogens with zero attached hydrogens (tertiary/aromatic N) is 3. The van der Waals surface area contributed by atoms with Crippen LogP contribution in [0.5, 0.6) is 0 Å². The highest BCUT2D eigenvalue weighted by molar-refractivity contribution is 5.67. The van der Waals surface area contributed by atoms with Crippen molar-refractivity contribution < 1.29 is 9.53 Å². The second-order valence-corrected chi connectivity index (χ2v) is 5.69. The lowest BCUT2D eigenvalue weighted by Crippen LogP contribution is -2.32. The van der Waals surface area contributed by atoms with Gasteiger partial charge in [0.15, 0.2) is 0 Å². The van der Waals surface area contributed by atoms with E-state index in [2.05, 4.69) is 20.9 Å². The summed E-state index contributed by atoms with van der Waals surface area (Å²) in [6, 6.07) is 0.364. The summed E-state index contributed by atoms with van der Waals surface area (Å²) >= 11 is 0. The molecule has 1 aliphatic heterocycles. The summed E-state index contributed by atoms with van der Waals surface area (Å²) in [6.07, 6.45) is 2.49. The molecular weight excluding hydrogens is 246 g/mol. The molecule has 7 heteroatoms. The Morgan fingerprint density at radius 3 is 3.05 bits per heavy atom. The predicted octanol–water partition coefficient (Wildman–Crippen LogP) is 0.837. The van der Waals surface area contributed by atoms with Gasteiger partial charge >= 0.3 is 6.09 Å². The van der Waals surface area contributed by atoms with Gasteiger partial charge in [-0.1, -0.05) is 5.21 Å². The van der Waals surface area contributed by atoms with Crippen LogP contribution in [0.3, 0.4) is 0 Å². The van der Waals surface area contributed by atoms with Crippen LogP contribution in [0, 0.1) is 0 Å². The molecule has 19 heavy (non-hydrogen) atoms. The third-order valence-electron chi connectivity index (χ3n) is 2.78. The first kappa shape index (κ1) is 13.8. The van der Waals surface area contributed by atoms with Crippen molar-refractivity contribution in [1.82, 2.24) is 25.6 Å². The molecule has 0 radical (unpaired) electrons. The third kappa shape index (κ3) is 4.20. The maximum atomic E-state index is 11.5. The highest BCUT2D eigenvalue weighted by Gasteiger charge is 2.19. The second-order valence-electron chi connectivity index (χ2n) is 5.69. The first-order chi connectivity index (χ1) is 8.94. The first-order valence-corrected chi connectivity index (χ1v) is 6.52. The molecule has 1 aliphatic rings. The number of carbonyl (C=O) groups is 1. The number of hydrogen-bond acceptors (Lipinski definition) is 5. The number of carbonyl (C=O) groups excluding carboxylic acids is 1. The van der Waals surface area contributed by atoms with Gasteiger partial charge in [0.05, 0.1) is 18.8 Å². The lowest BCUT2D eigenvalue weighted by atomic mass is 10.2. The molecule has 2 rings (SSSR count). The number of alkyl carbamates (subject to hydrolysis) is 1. The molecule has 1 fully saturated rings. The monoisotopic (exact) mass is 267 g/mol. The zero-order valence-electron chi connectivity index (χ0n) is 11.6. The van der Waals surface area contributed by atoms with Gasteiger partial charge in [0.25, 0.3) is 0 Å². The van der Waals surface area contributed by atoms with E-state index in [0.717, 1.165) is 25.2 Å². The molecule has 0 bridgehead atoms. The molecule has 2 heterocycles. The summed E-state index contributed by atoms with van der Waals surface area (Å²) in [5, 5.41) is 14.1. The Kier molecular flexibility index (Phi) is 4.04. The fourth-order valence-electron chi connectivity index (χ4n) is 1.91. The number of nitrogens with one attached hydrogen (secondary N) is 2. The van der Waals surface area contributed by atoms with Gasteiger partial charge in [-0.2, -0.15) is 0 Å². The van der Waals surface area contributed by atoms with E-state index in [1.807, 2.05) is 31.6 Å². The van der Waals surface area contributed by atoms with Gasteiger partial charge < -0.3 is 15.4 Å². The van der Waals surface area contributed by atoms with E-state index in [1.54, 1.807) is 0 Å². The number of amides is 1. The molecule has 1 atom stereocenters. The molecule has 0 spiro atoms. The average molecular weight is 267 g/mol. The lowest BCUT2D eigenvalue weighted by Gasteiger charge is -2.19. The van der Waals surface area contributed by atoms with Crippen LogP contribution in [0.4, 0.5) is 4.79 Å². The zero-order valence-corrected chi connectivity index (χ0v) is 11.6. The van der Waals surface area contributed by atoms with Crippen LogP contribution in [-0.4, -0.2) is 39.8 Å². The molecular formula is C12H21N5O2.